The number of hydrogen-bond donors (Lipinski definition) is 2. The van der Waals surface area contributed by atoms with Crippen molar-refractivity contribution in [3.8, 4) is 0 Å². The highest BCUT2D eigenvalue weighted by atomic mass is 14.9. The summed E-state index contributed by atoms with van der Waals surface area (Å²) in [5, 5.41) is 2.38. The Kier molecular flexibility index (Phi) is 2.17. The molecule has 3 rings (SSSR count). The molecule has 1 heterocycles. The van der Waals surface area contributed by atoms with Crippen molar-refractivity contribution in [1.82, 2.24) is 0 Å². The first kappa shape index (κ1) is 10.8. The number of nitrogen functional groups attached to an aromatic ring is 2. The van der Waals surface area contributed by atoms with E-state index in [4.69, 9.17) is 11.5 Å². The maximum atomic E-state index is 5.99. The van der Waals surface area contributed by atoms with Gasteiger partial charge in [0.05, 0.1) is 0 Å². The molecule has 18 heavy (non-hydrogen) atoms. The summed E-state index contributed by atoms with van der Waals surface area (Å²) in [6.07, 6.45) is 0. The molecule has 0 aliphatic rings. The minimum Gasteiger partial charge on any atom is -0.399 e. The Hall–Kier alpha value is -2.29. The molecule has 90 valence electrons. The van der Waals surface area contributed by atoms with Gasteiger partial charge in [0.15, 0.2) is 0 Å². The van der Waals surface area contributed by atoms with E-state index in [1.807, 2.05) is 32.2 Å². The molecule has 0 saturated heterocycles. The van der Waals surface area contributed by atoms with E-state index in [1.54, 1.807) is 0 Å². The number of fused-ring (bicyclic) bond motifs is 2. The fourth-order valence-electron chi connectivity index (χ4n) is 2.41. The molecule has 1 aromatic heterocycles. The predicted octanol–water partition coefficient (Wildman–Crippen LogP) is 2.29. The Balaban J connectivity index is 2.52. The quantitative estimate of drug-likeness (QED) is 0.358. The number of nitrogens with two attached hydrogens (primary N) is 2. The Morgan fingerprint density at radius 3 is 2.39 bits per heavy atom. The van der Waals surface area contributed by atoms with Gasteiger partial charge in [-0.2, -0.15) is 4.57 Å². The number of pyridine rings is 1. The van der Waals surface area contributed by atoms with Crippen molar-refractivity contribution in [2.24, 2.45) is 7.05 Å². The lowest BCUT2D eigenvalue weighted by atomic mass is 10.1. The molecule has 3 aromatic rings. The molecule has 0 radical (unpaired) electrons. The third-order valence-corrected chi connectivity index (χ3v) is 3.50. The molecular weight excluding hydrogens is 222 g/mol. The van der Waals surface area contributed by atoms with Crippen LogP contribution in [0, 0.1) is 6.92 Å². The summed E-state index contributed by atoms with van der Waals surface area (Å²) in [7, 11) is 2.04. The van der Waals surface area contributed by atoms with Crippen molar-refractivity contribution >= 4 is 33.2 Å². The Labute approximate surface area is 106 Å². The molecule has 3 nitrogen and oxygen atoms in total. The first-order chi connectivity index (χ1) is 8.56. The van der Waals surface area contributed by atoms with Gasteiger partial charge in [-0.3, -0.25) is 0 Å². The third-order valence-electron chi connectivity index (χ3n) is 3.50. The van der Waals surface area contributed by atoms with Gasteiger partial charge in [0, 0.05) is 34.3 Å². The zero-order valence-electron chi connectivity index (χ0n) is 10.6. The number of hydrogen-bond acceptors (Lipinski definition) is 2. The Morgan fingerprint density at radius 2 is 1.61 bits per heavy atom. The number of anilines is 2. The average molecular weight is 238 g/mol. The second-order valence-corrected chi connectivity index (χ2v) is 4.79. The average Bonchev–Trinajstić information content (AvgIpc) is 2.33. The highest BCUT2D eigenvalue weighted by molar-refractivity contribution is 5.91. The normalized spacial score (nSPS) is 11.2. The van der Waals surface area contributed by atoms with Gasteiger partial charge in [-0.1, -0.05) is 0 Å². The van der Waals surface area contributed by atoms with Crippen LogP contribution in [0.2, 0.25) is 0 Å². The van der Waals surface area contributed by atoms with Gasteiger partial charge in [-0.05, 0) is 36.8 Å². The minimum atomic E-state index is 0.775. The lowest BCUT2D eigenvalue weighted by molar-refractivity contribution is -0.617. The highest BCUT2D eigenvalue weighted by Crippen LogP contribution is 2.23. The maximum absolute atomic E-state index is 5.99. The van der Waals surface area contributed by atoms with E-state index in [9.17, 15) is 0 Å². The van der Waals surface area contributed by atoms with Crippen LogP contribution in [0.5, 0.6) is 0 Å². The number of benzene rings is 2. The number of aromatic nitrogens is 1. The number of rotatable bonds is 0. The zero-order valence-corrected chi connectivity index (χ0v) is 10.6. The second kappa shape index (κ2) is 3.60. The van der Waals surface area contributed by atoms with Crippen LogP contribution in [0.4, 0.5) is 11.4 Å². The summed E-state index contributed by atoms with van der Waals surface area (Å²) >= 11 is 0. The van der Waals surface area contributed by atoms with Gasteiger partial charge in [0.1, 0.15) is 7.05 Å². The van der Waals surface area contributed by atoms with Gasteiger partial charge in [0.25, 0.3) is 0 Å². The molecule has 0 saturated carbocycles. The first-order valence-electron chi connectivity index (χ1n) is 5.94. The van der Waals surface area contributed by atoms with Crippen LogP contribution in [-0.4, -0.2) is 0 Å². The summed E-state index contributed by atoms with van der Waals surface area (Å²) in [6, 6.07) is 12.3. The van der Waals surface area contributed by atoms with Crippen molar-refractivity contribution in [1.29, 1.82) is 0 Å². The van der Waals surface area contributed by atoms with Crippen LogP contribution in [0.3, 0.4) is 0 Å². The molecule has 0 spiro atoms. The maximum Gasteiger partial charge on any atom is 0.214 e. The van der Waals surface area contributed by atoms with Crippen molar-refractivity contribution in [2.45, 2.75) is 6.92 Å². The van der Waals surface area contributed by atoms with Crippen molar-refractivity contribution in [2.75, 3.05) is 11.5 Å². The third kappa shape index (κ3) is 1.48. The van der Waals surface area contributed by atoms with Gasteiger partial charge >= 0.3 is 0 Å². The van der Waals surface area contributed by atoms with Crippen LogP contribution in [0.1, 0.15) is 5.56 Å². The summed E-state index contributed by atoms with van der Waals surface area (Å²) in [6.45, 7) is 2.03. The van der Waals surface area contributed by atoms with E-state index in [-0.39, 0.29) is 0 Å². The second-order valence-electron chi connectivity index (χ2n) is 4.79. The molecule has 0 atom stereocenters. The molecular formula is C15H16N3+. The Bertz CT molecular complexity index is 776. The standard InChI is InChI=1S/C15H15N3/c1-9-5-11-6-10-3-4-12(16)7-14(10)18(2)15(11)8-13(9)17/h3-8H,1-2H3,(H3,16,17)/p+1. The van der Waals surface area contributed by atoms with Crippen LogP contribution in [0.15, 0.2) is 36.4 Å². The monoisotopic (exact) mass is 238 g/mol. The van der Waals surface area contributed by atoms with E-state index >= 15 is 0 Å². The summed E-state index contributed by atoms with van der Waals surface area (Å²) < 4.78 is 2.14. The zero-order chi connectivity index (χ0) is 12.9. The van der Waals surface area contributed by atoms with E-state index in [0.717, 1.165) is 28.0 Å². The lowest BCUT2D eigenvalue weighted by Gasteiger charge is -2.05. The smallest absolute Gasteiger partial charge is 0.214 e. The Morgan fingerprint density at radius 1 is 0.889 bits per heavy atom. The molecule has 0 aliphatic carbocycles. The largest absolute Gasteiger partial charge is 0.399 e. The van der Waals surface area contributed by atoms with Crippen LogP contribution in [-0.2, 0) is 7.05 Å². The molecule has 4 N–H and O–H groups in total. The fraction of sp³-hybridized carbons (Fsp3) is 0.133. The fourth-order valence-corrected chi connectivity index (χ4v) is 2.41. The van der Waals surface area contributed by atoms with E-state index in [1.165, 1.54) is 10.8 Å². The molecule has 0 fully saturated rings. The highest BCUT2D eigenvalue weighted by Gasteiger charge is 2.13. The predicted molar refractivity (Wildman–Crippen MR) is 76.2 cm³/mol. The lowest BCUT2D eigenvalue weighted by Crippen LogP contribution is -2.30. The van der Waals surface area contributed by atoms with Gasteiger partial charge < -0.3 is 11.5 Å². The SMILES string of the molecule is Cc1cc2cc3ccc(N)cc3[n+](C)c2cc1N. The number of nitrogens with zero attached hydrogens (tertiary/aromatic N) is 1. The molecule has 0 amide bonds. The van der Waals surface area contributed by atoms with Crippen LogP contribution >= 0.6 is 0 Å². The van der Waals surface area contributed by atoms with Crippen LogP contribution < -0.4 is 16.0 Å². The van der Waals surface area contributed by atoms with E-state index in [0.29, 0.717) is 0 Å². The molecule has 0 aliphatic heterocycles. The molecule has 3 heteroatoms. The van der Waals surface area contributed by atoms with Crippen molar-refractivity contribution in [3.63, 3.8) is 0 Å². The topological polar surface area (TPSA) is 55.9 Å². The summed E-state index contributed by atoms with van der Waals surface area (Å²) in [5.41, 5.74) is 16.8. The summed E-state index contributed by atoms with van der Waals surface area (Å²) in [5.74, 6) is 0. The van der Waals surface area contributed by atoms with Gasteiger partial charge in [0.2, 0.25) is 11.0 Å². The van der Waals surface area contributed by atoms with Crippen LogP contribution in [0.25, 0.3) is 21.8 Å². The van der Waals surface area contributed by atoms with Crippen molar-refractivity contribution < 1.29 is 4.57 Å². The molecule has 0 bridgehead atoms. The first-order valence-corrected chi connectivity index (χ1v) is 5.94. The summed E-state index contributed by atoms with van der Waals surface area (Å²) in [4.78, 5) is 0. The minimum absolute atomic E-state index is 0.775. The van der Waals surface area contributed by atoms with E-state index in [2.05, 4.69) is 22.8 Å². The van der Waals surface area contributed by atoms with Gasteiger partial charge in [-0.25, -0.2) is 0 Å². The number of aryl methyl sites for hydroxylation is 2. The van der Waals surface area contributed by atoms with Crippen molar-refractivity contribution in [3.05, 3.63) is 42.0 Å². The van der Waals surface area contributed by atoms with E-state index < -0.39 is 0 Å². The molecule has 0 unspecified atom stereocenters. The molecule has 2 aromatic carbocycles. The van der Waals surface area contributed by atoms with Gasteiger partial charge in [-0.15, -0.1) is 0 Å².